The van der Waals surface area contributed by atoms with Gasteiger partial charge >= 0.3 is 5.97 Å². The van der Waals surface area contributed by atoms with E-state index in [-0.39, 0.29) is 23.2 Å². The Balaban J connectivity index is 1.63. The number of phenols is 2. The van der Waals surface area contributed by atoms with Crippen molar-refractivity contribution in [3.63, 3.8) is 0 Å². The quantitative estimate of drug-likeness (QED) is 0.148. The maximum absolute atomic E-state index is 13.0. The number of nitrogens with one attached hydrogen (secondary N) is 1. The van der Waals surface area contributed by atoms with E-state index in [2.05, 4.69) is 5.32 Å². The Kier molecular flexibility index (Phi) is 9.40. The third kappa shape index (κ3) is 6.26. The highest BCUT2D eigenvalue weighted by Crippen LogP contribution is 2.42. The van der Waals surface area contributed by atoms with E-state index >= 15 is 0 Å². The van der Waals surface area contributed by atoms with Crippen LogP contribution in [-0.2, 0) is 19.1 Å². The van der Waals surface area contributed by atoms with Crippen molar-refractivity contribution < 1.29 is 53.7 Å². The maximum atomic E-state index is 13.0. The van der Waals surface area contributed by atoms with Crippen molar-refractivity contribution in [2.24, 2.45) is 0 Å². The summed E-state index contributed by atoms with van der Waals surface area (Å²) in [4.78, 5) is 37.8. The van der Waals surface area contributed by atoms with Crippen LogP contribution in [0.1, 0.15) is 6.42 Å². The second-order valence-electron chi connectivity index (χ2n) is 9.17. The number of rotatable bonds is 9. The largest absolute Gasteiger partial charge is 0.504 e. The number of phenolic OH excluding ortho intramolecular Hbond substituents is 2. The minimum absolute atomic E-state index is 0.157. The summed E-state index contributed by atoms with van der Waals surface area (Å²) in [5.41, 5.74) is -0.284. The van der Waals surface area contributed by atoms with E-state index in [1.165, 1.54) is 11.8 Å². The lowest BCUT2D eigenvalue weighted by atomic mass is 9.98. The zero-order valence-electron chi connectivity index (χ0n) is 21.9. The van der Waals surface area contributed by atoms with Crippen LogP contribution in [0.2, 0.25) is 0 Å². The van der Waals surface area contributed by atoms with Crippen molar-refractivity contribution >= 4 is 34.6 Å². The number of carbonyl (C=O) groups excluding carboxylic acids is 2. The average molecular weight is 592 g/mol. The van der Waals surface area contributed by atoms with Gasteiger partial charge in [0.05, 0.1) is 7.11 Å². The normalized spacial score (nSPS) is 23.1. The molecule has 2 heterocycles. The van der Waals surface area contributed by atoms with Gasteiger partial charge in [0.15, 0.2) is 23.0 Å². The first-order chi connectivity index (χ1) is 19.6. The Morgan fingerprint density at radius 2 is 1.76 bits per heavy atom. The summed E-state index contributed by atoms with van der Waals surface area (Å²) in [6, 6.07) is 9.74. The number of ether oxygens (including phenoxy) is 3. The first-order valence-corrected chi connectivity index (χ1v) is 13.8. The molecule has 1 saturated heterocycles. The van der Waals surface area contributed by atoms with Gasteiger partial charge in [-0.3, -0.25) is 9.59 Å². The lowest BCUT2D eigenvalue weighted by Gasteiger charge is -2.39. The zero-order chi connectivity index (χ0) is 29.8. The number of hydrogen-bond donors (Lipinski definition) is 6. The zero-order valence-corrected chi connectivity index (χ0v) is 22.7. The molecule has 1 fully saturated rings. The molecule has 41 heavy (non-hydrogen) atoms. The van der Waals surface area contributed by atoms with E-state index in [1.807, 2.05) is 0 Å². The molecule has 3 aromatic rings. The second-order valence-corrected chi connectivity index (χ2v) is 10.2. The van der Waals surface area contributed by atoms with Crippen molar-refractivity contribution in [1.82, 2.24) is 5.32 Å². The van der Waals surface area contributed by atoms with Gasteiger partial charge in [0.2, 0.25) is 12.0 Å². The van der Waals surface area contributed by atoms with Gasteiger partial charge in [-0.1, -0.05) is 30.3 Å². The number of aromatic hydroxyl groups is 2. The molecule has 0 unspecified atom stereocenters. The maximum Gasteiger partial charge on any atom is 0.328 e. The number of esters is 1. The van der Waals surface area contributed by atoms with Crippen molar-refractivity contribution in [2.45, 2.75) is 43.2 Å². The van der Waals surface area contributed by atoms with Gasteiger partial charge < -0.3 is 49.5 Å². The third-order valence-electron chi connectivity index (χ3n) is 6.47. The highest BCUT2D eigenvalue weighted by molar-refractivity contribution is 7.98. The highest BCUT2D eigenvalue weighted by atomic mass is 32.2. The third-order valence-corrected chi connectivity index (χ3v) is 7.12. The number of amides is 1. The fraction of sp³-hybridized carbons (Fsp3) is 0.370. The Labute approximate surface area is 237 Å². The standard InChI is InChI=1S/C27H29NO12S/c1-37-26(36)13(8-9-41-2)28-25(35)24-22(33)21(32)23(34)27(40-24)39-17-11-16-18(20(31)19(17)30)14(29)10-15(38-16)12-6-4-3-5-7-12/h3-7,10-11,13,21-24,27,30-34H,8-9H2,1-2H3,(H,28,35)/t13-,21-,22+,23+,24+,27-/m0/s1. The summed E-state index contributed by atoms with van der Waals surface area (Å²) >= 11 is 1.42. The van der Waals surface area contributed by atoms with Crippen molar-refractivity contribution in [2.75, 3.05) is 19.1 Å². The summed E-state index contributed by atoms with van der Waals surface area (Å²) in [6.07, 6.45) is -7.48. The van der Waals surface area contributed by atoms with Crippen LogP contribution in [-0.4, -0.2) is 93.3 Å². The van der Waals surface area contributed by atoms with Crippen molar-refractivity contribution in [3.8, 4) is 28.6 Å². The predicted molar refractivity (Wildman–Crippen MR) is 146 cm³/mol. The number of methoxy groups -OCH3 is 1. The molecule has 13 nitrogen and oxygen atoms in total. The number of benzene rings is 2. The van der Waals surface area contributed by atoms with Crippen molar-refractivity contribution in [3.05, 3.63) is 52.7 Å². The Morgan fingerprint density at radius 1 is 1.05 bits per heavy atom. The molecule has 0 aliphatic carbocycles. The lowest BCUT2D eigenvalue weighted by Crippen LogP contribution is -2.63. The van der Waals surface area contributed by atoms with Crippen molar-refractivity contribution in [1.29, 1.82) is 0 Å². The summed E-state index contributed by atoms with van der Waals surface area (Å²) in [5, 5.41) is 54.6. The monoisotopic (exact) mass is 591 g/mol. The van der Waals surface area contributed by atoms with Gasteiger partial charge in [-0.05, 0) is 18.4 Å². The number of hydrogen-bond acceptors (Lipinski definition) is 13. The van der Waals surface area contributed by atoms with Gasteiger partial charge in [-0.15, -0.1) is 0 Å². The molecule has 1 aliphatic heterocycles. The Bertz CT molecular complexity index is 1460. The van der Waals surface area contributed by atoms with Crippen LogP contribution in [0.4, 0.5) is 0 Å². The molecule has 1 aromatic heterocycles. The fourth-order valence-corrected chi connectivity index (χ4v) is 4.74. The summed E-state index contributed by atoms with van der Waals surface area (Å²) in [6.45, 7) is 0. The Morgan fingerprint density at radius 3 is 2.41 bits per heavy atom. The highest BCUT2D eigenvalue weighted by Gasteiger charge is 2.48. The number of aliphatic hydroxyl groups excluding tert-OH is 3. The first kappa shape index (κ1) is 30.1. The molecule has 220 valence electrons. The molecule has 1 amide bonds. The molecule has 0 saturated carbocycles. The molecular formula is C27H29NO12S. The van der Waals surface area contributed by atoms with Crippen LogP contribution in [0.15, 0.2) is 51.7 Å². The number of thioether (sulfide) groups is 1. The molecule has 1 aliphatic rings. The molecule has 0 spiro atoms. The van der Waals surface area contributed by atoms with Crippen LogP contribution in [0.3, 0.4) is 0 Å². The number of aliphatic hydroxyl groups is 3. The van der Waals surface area contributed by atoms with E-state index in [0.29, 0.717) is 11.3 Å². The van der Waals surface area contributed by atoms with E-state index in [9.17, 15) is 39.9 Å². The summed E-state index contributed by atoms with van der Waals surface area (Å²) in [7, 11) is 1.15. The summed E-state index contributed by atoms with van der Waals surface area (Å²) < 4.78 is 21.5. The Hall–Kier alpha value is -3.82. The van der Waals surface area contributed by atoms with Gasteiger partial charge in [0.1, 0.15) is 41.1 Å². The lowest BCUT2D eigenvalue weighted by molar-refractivity contribution is -0.267. The smallest absolute Gasteiger partial charge is 0.328 e. The predicted octanol–water partition coefficient (Wildman–Crippen LogP) is 0.468. The van der Waals surface area contributed by atoms with Crippen LogP contribution in [0, 0.1) is 0 Å². The van der Waals surface area contributed by atoms with Gasteiger partial charge in [0, 0.05) is 17.7 Å². The molecule has 0 bridgehead atoms. The van der Waals surface area contributed by atoms with Crippen LogP contribution in [0.25, 0.3) is 22.3 Å². The topological polar surface area (TPSA) is 205 Å². The van der Waals surface area contributed by atoms with Gasteiger partial charge in [0.25, 0.3) is 5.91 Å². The minimum Gasteiger partial charge on any atom is -0.504 e. The van der Waals surface area contributed by atoms with E-state index in [0.717, 1.165) is 19.2 Å². The van der Waals surface area contributed by atoms with Crippen LogP contribution >= 0.6 is 11.8 Å². The second kappa shape index (κ2) is 12.8. The van der Waals surface area contributed by atoms with Crippen LogP contribution in [0.5, 0.6) is 17.2 Å². The molecule has 0 radical (unpaired) electrons. The van der Waals surface area contributed by atoms with E-state index < -0.39 is 71.3 Å². The van der Waals surface area contributed by atoms with Crippen LogP contribution < -0.4 is 15.5 Å². The SMILES string of the molecule is COC(=O)[C@H](CCSC)NC(=O)[C@@H]1O[C@H](Oc2cc3oc(-c4ccccc4)cc(=O)c3c(O)c2O)[C@H](O)[C@@H](O)[C@H]1O. The average Bonchev–Trinajstić information content (AvgIpc) is 2.97. The fourth-order valence-electron chi connectivity index (χ4n) is 4.27. The molecule has 6 N–H and O–H groups in total. The van der Waals surface area contributed by atoms with Gasteiger partial charge in [-0.25, -0.2) is 4.79 Å². The van der Waals surface area contributed by atoms with E-state index in [1.54, 1.807) is 36.6 Å². The minimum atomic E-state index is -1.95. The van der Waals surface area contributed by atoms with E-state index in [4.69, 9.17) is 18.6 Å². The molecular weight excluding hydrogens is 562 g/mol. The number of fused-ring (bicyclic) bond motifs is 1. The molecule has 6 atom stereocenters. The molecule has 4 rings (SSSR count). The summed E-state index contributed by atoms with van der Waals surface area (Å²) in [5.74, 6) is -3.39. The number of carbonyl (C=O) groups is 2. The van der Waals surface area contributed by atoms with Gasteiger partial charge in [-0.2, -0.15) is 11.8 Å². The molecule has 14 heteroatoms. The molecule has 2 aromatic carbocycles. The first-order valence-electron chi connectivity index (χ1n) is 12.4.